The van der Waals surface area contributed by atoms with Crippen LogP contribution in [0.5, 0.6) is 0 Å². The van der Waals surface area contributed by atoms with E-state index in [1.807, 2.05) is 54.7 Å². The zero-order chi connectivity index (χ0) is 37.0. The number of benzene rings is 7. The molecule has 0 fully saturated rings. The lowest BCUT2D eigenvalue weighted by molar-refractivity contribution is 0.668. The third-order valence-electron chi connectivity index (χ3n) is 10.6. The molecule has 0 bridgehead atoms. The zero-order valence-corrected chi connectivity index (χ0v) is 30.1. The molecule has 0 saturated carbocycles. The van der Waals surface area contributed by atoms with Crippen LogP contribution in [0, 0.1) is 0 Å². The molecule has 11 rings (SSSR count). The minimum absolute atomic E-state index is 0.658. The summed E-state index contributed by atoms with van der Waals surface area (Å²) in [5.41, 5.74) is 14.5. The lowest BCUT2D eigenvalue weighted by Crippen LogP contribution is -1.97. The van der Waals surface area contributed by atoms with Gasteiger partial charge in [0.05, 0.1) is 11.4 Å². The lowest BCUT2D eigenvalue weighted by atomic mass is 9.93. The van der Waals surface area contributed by atoms with Crippen molar-refractivity contribution in [1.29, 1.82) is 0 Å². The van der Waals surface area contributed by atoms with Crippen LogP contribution in [-0.4, -0.2) is 15.0 Å². The first-order valence-corrected chi connectivity index (χ1v) is 18.7. The summed E-state index contributed by atoms with van der Waals surface area (Å²) in [6.07, 6.45) is 3.69. The highest BCUT2D eigenvalue weighted by molar-refractivity contribution is 6.17. The normalized spacial score (nSPS) is 11.6. The summed E-state index contributed by atoms with van der Waals surface area (Å²) in [6.45, 7) is 0. The van der Waals surface area contributed by atoms with Crippen LogP contribution in [-0.2, 0) is 0 Å². The van der Waals surface area contributed by atoms with Gasteiger partial charge in [-0.2, -0.15) is 0 Å². The van der Waals surface area contributed by atoms with Crippen molar-refractivity contribution in [2.45, 2.75) is 0 Å². The minimum atomic E-state index is 0.658. The first-order chi connectivity index (χ1) is 27.7. The second-order valence-electron chi connectivity index (χ2n) is 14.0. The highest BCUT2D eigenvalue weighted by atomic mass is 16.3. The Hall–Kier alpha value is -7.63. The Morgan fingerprint density at radius 3 is 1.82 bits per heavy atom. The van der Waals surface area contributed by atoms with Crippen molar-refractivity contribution in [2.24, 2.45) is 0 Å². The average molecular weight is 718 g/mol. The smallest absolute Gasteiger partial charge is 0.160 e. The molecule has 4 aromatic heterocycles. The molecule has 0 radical (unpaired) electrons. The molecule has 0 aliphatic carbocycles. The van der Waals surface area contributed by atoms with Gasteiger partial charge in [-0.05, 0) is 64.7 Å². The van der Waals surface area contributed by atoms with E-state index < -0.39 is 0 Å². The van der Waals surface area contributed by atoms with E-state index in [0.717, 1.165) is 105 Å². The molecule has 0 saturated heterocycles. The summed E-state index contributed by atoms with van der Waals surface area (Å²) in [5, 5.41) is 4.35. The van der Waals surface area contributed by atoms with E-state index in [1.165, 1.54) is 0 Å². The van der Waals surface area contributed by atoms with Gasteiger partial charge in [-0.3, -0.25) is 4.98 Å². The Balaban J connectivity index is 1.04. The molecule has 5 heteroatoms. The first kappa shape index (κ1) is 31.9. The van der Waals surface area contributed by atoms with Gasteiger partial charge < -0.3 is 8.83 Å². The van der Waals surface area contributed by atoms with Crippen molar-refractivity contribution >= 4 is 43.9 Å². The van der Waals surface area contributed by atoms with Gasteiger partial charge >= 0.3 is 0 Å². The van der Waals surface area contributed by atoms with Crippen LogP contribution in [0.2, 0.25) is 0 Å². The second-order valence-corrected chi connectivity index (χ2v) is 14.0. The largest absolute Gasteiger partial charge is 0.456 e. The Bertz CT molecular complexity index is 3240. The summed E-state index contributed by atoms with van der Waals surface area (Å²) in [6, 6.07) is 60.6. The van der Waals surface area contributed by atoms with Crippen molar-refractivity contribution in [2.75, 3.05) is 0 Å². The fourth-order valence-electron chi connectivity index (χ4n) is 7.94. The summed E-state index contributed by atoms with van der Waals surface area (Å²) in [4.78, 5) is 14.7. The van der Waals surface area contributed by atoms with Crippen LogP contribution < -0.4 is 0 Å². The number of para-hydroxylation sites is 2. The second kappa shape index (κ2) is 13.0. The van der Waals surface area contributed by atoms with Crippen molar-refractivity contribution < 1.29 is 8.83 Å². The molecule has 7 aromatic carbocycles. The number of pyridine rings is 1. The Morgan fingerprint density at radius 1 is 0.357 bits per heavy atom. The summed E-state index contributed by atoms with van der Waals surface area (Å²) < 4.78 is 12.8. The topological polar surface area (TPSA) is 65.0 Å². The van der Waals surface area contributed by atoms with Gasteiger partial charge in [0.15, 0.2) is 5.82 Å². The summed E-state index contributed by atoms with van der Waals surface area (Å²) >= 11 is 0. The van der Waals surface area contributed by atoms with Crippen LogP contribution in [0.1, 0.15) is 0 Å². The highest BCUT2D eigenvalue weighted by Crippen LogP contribution is 2.43. The third-order valence-corrected chi connectivity index (χ3v) is 10.6. The van der Waals surface area contributed by atoms with Crippen molar-refractivity contribution in [3.8, 4) is 67.3 Å². The van der Waals surface area contributed by atoms with Crippen molar-refractivity contribution in [3.05, 3.63) is 188 Å². The molecular weight excluding hydrogens is 687 g/mol. The number of nitrogens with zero attached hydrogens (tertiary/aromatic N) is 3. The number of furan rings is 2. The fraction of sp³-hybridized carbons (Fsp3) is 0. The maximum absolute atomic E-state index is 6.68. The van der Waals surface area contributed by atoms with Crippen LogP contribution in [0.25, 0.3) is 111 Å². The fourth-order valence-corrected chi connectivity index (χ4v) is 7.94. The van der Waals surface area contributed by atoms with E-state index in [-0.39, 0.29) is 0 Å². The molecular formula is C51H31N3O2. The molecule has 0 atom stereocenters. The first-order valence-electron chi connectivity index (χ1n) is 18.7. The van der Waals surface area contributed by atoms with Crippen molar-refractivity contribution in [3.63, 3.8) is 0 Å². The van der Waals surface area contributed by atoms with Crippen LogP contribution in [0.4, 0.5) is 0 Å². The maximum Gasteiger partial charge on any atom is 0.160 e. The predicted molar refractivity (Wildman–Crippen MR) is 227 cm³/mol. The minimum Gasteiger partial charge on any atom is -0.456 e. The molecule has 0 aliphatic rings. The molecule has 56 heavy (non-hydrogen) atoms. The zero-order valence-electron chi connectivity index (χ0n) is 30.1. The molecule has 0 spiro atoms. The quantitative estimate of drug-likeness (QED) is 0.171. The molecule has 5 nitrogen and oxygen atoms in total. The molecule has 0 N–H and O–H groups in total. The van der Waals surface area contributed by atoms with Gasteiger partial charge in [-0.15, -0.1) is 0 Å². The van der Waals surface area contributed by atoms with Gasteiger partial charge in [-0.1, -0.05) is 133 Å². The monoisotopic (exact) mass is 717 g/mol. The lowest BCUT2D eigenvalue weighted by Gasteiger charge is -2.13. The summed E-state index contributed by atoms with van der Waals surface area (Å²) in [5.74, 6) is 0.658. The number of aromatic nitrogens is 3. The van der Waals surface area contributed by atoms with Gasteiger partial charge in [-0.25, -0.2) is 9.97 Å². The molecule has 4 heterocycles. The van der Waals surface area contributed by atoms with Gasteiger partial charge in [0.1, 0.15) is 22.3 Å². The standard InChI is InChI=1S/C51H31N3O2/c1-2-11-33(12-3-1)44-30-45(40-15-5-4-14-37(40)36-13-10-28-52-31-36)54-51(53-44)34-22-20-32(21-23-34)38-25-26-39(50-49(38)42-17-7-9-19-47(42)56-50)35-24-27-48-43(29-35)41-16-6-8-18-46(41)55-48/h1-31H. The maximum atomic E-state index is 6.68. The van der Waals surface area contributed by atoms with Gasteiger partial charge in [0, 0.05) is 61.8 Å². The van der Waals surface area contributed by atoms with Crippen molar-refractivity contribution in [1.82, 2.24) is 15.0 Å². The Kier molecular flexibility index (Phi) is 7.42. The van der Waals surface area contributed by atoms with E-state index in [2.05, 4.69) is 132 Å². The van der Waals surface area contributed by atoms with E-state index in [4.69, 9.17) is 18.8 Å². The number of rotatable bonds is 6. The molecule has 262 valence electrons. The average Bonchev–Trinajstić information content (AvgIpc) is 3.85. The predicted octanol–water partition coefficient (Wildman–Crippen LogP) is 13.7. The molecule has 0 amide bonds. The Morgan fingerprint density at radius 2 is 1.00 bits per heavy atom. The van der Waals surface area contributed by atoms with E-state index in [1.54, 1.807) is 6.20 Å². The van der Waals surface area contributed by atoms with Crippen LogP contribution in [0.3, 0.4) is 0 Å². The number of fused-ring (bicyclic) bond motifs is 6. The molecule has 0 aliphatic heterocycles. The third kappa shape index (κ3) is 5.37. The van der Waals surface area contributed by atoms with E-state index in [0.29, 0.717) is 5.82 Å². The van der Waals surface area contributed by atoms with Crippen LogP contribution in [0.15, 0.2) is 197 Å². The molecule has 0 unspecified atom stereocenters. The number of hydrogen-bond acceptors (Lipinski definition) is 5. The Labute approximate surface area is 322 Å². The van der Waals surface area contributed by atoms with Gasteiger partial charge in [0.25, 0.3) is 0 Å². The van der Waals surface area contributed by atoms with E-state index >= 15 is 0 Å². The van der Waals surface area contributed by atoms with Gasteiger partial charge in [0.2, 0.25) is 0 Å². The summed E-state index contributed by atoms with van der Waals surface area (Å²) in [7, 11) is 0. The number of hydrogen-bond donors (Lipinski definition) is 0. The van der Waals surface area contributed by atoms with E-state index in [9.17, 15) is 0 Å². The SMILES string of the molecule is c1ccc(-c2cc(-c3ccccc3-c3cccnc3)nc(-c3ccc(-c4ccc(-c5ccc6oc7ccccc7c6c5)c5oc6ccccc6c45)cc3)n2)cc1. The molecule has 11 aromatic rings. The highest BCUT2D eigenvalue weighted by Gasteiger charge is 2.19. The van der Waals surface area contributed by atoms with Crippen LogP contribution >= 0.6 is 0 Å².